The molecule has 84 valence electrons. The molecule has 1 heterocycles. The van der Waals surface area contributed by atoms with Gasteiger partial charge in [0.1, 0.15) is 6.17 Å². The Morgan fingerprint density at radius 2 is 2.27 bits per heavy atom. The first-order valence-electron chi connectivity index (χ1n) is 4.58. The maximum absolute atomic E-state index is 10.9. The number of carboxylic acids is 1. The molecule has 2 atom stereocenters. The molecule has 0 fully saturated rings. The highest BCUT2D eigenvalue weighted by Crippen LogP contribution is 2.12. The third-order valence-corrected chi connectivity index (χ3v) is 2.28. The number of hydrogen-bond acceptors (Lipinski definition) is 4. The average molecular weight is 213 g/mol. The first kappa shape index (κ1) is 11.7. The number of rotatable bonds is 2. The van der Waals surface area contributed by atoms with E-state index in [1.54, 1.807) is 11.9 Å². The maximum Gasteiger partial charge on any atom is 0.332 e. The van der Waals surface area contributed by atoms with Crippen molar-refractivity contribution < 1.29 is 14.7 Å². The molecule has 0 radical (unpaired) electrons. The lowest BCUT2D eigenvalue weighted by Gasteiger charge is -2.35. The predicted octanol–water partition coefficient (Wildman–Crippen LogP) is -1.27. The van der Waals surface area contributed by atoms with E-state index in [1.165, 1.54) is 13.0 Å². The van der Waals surface area contributed by atoms with Gasteiger partial charge in [0.2, 0.25) is 5.91 Å². The lowest BCUT2D eigenvalue weighted by atomic mass is 10.0. The Kier molecular flexibility index (Phi) is 3.43. The molecule has 1 amide bonds. The van der Waals surface area contributed by atoms with Crippen molar-refractivity contribution in [2.45, 2.75) is 19.1 Å². The molecule has 15 heavy (non-hydrogen) atoms. The van der Waals surface area contributed by atoms with Crippen LogP contribution >= 0.6 is 0 Å². The number of carbonyl (C=O) groups excluding carboxylic acids is 1. The van der Waals surface area contributed by atoms with Crippen molar-refractivity contribution in [1.29, 1.82) is 0 Å². The third-order valence-electron chi connectivity index (χ3n) is 2.28. The highest BCUT2D eigenvalue weighted by Gasteiger charge is 2.29. The largest absolute Gasteiger partial charge is 0.478 e. The summed E-state index contributed by atoms with van der Waals surface area (Å²) in [5, 5.41) is 11.5. The predicted molar refractivity (Wildman–Crippen MR) is 53.9 cm³/mol. The van der Waals surface area contributed by atoms with Crippen molar-refractivity contribution in [2.75, 3.05) is 13.6 Å². The van der Waals surface area contributed by atoms with Crippen LogP contribution in [0, 0.1) is 0 Å². The van der Waals surface area contributed by atoms with Gasteiger partial charge in [0.25, 0.3) is 0 Å². The van der Waals surface area contributed by atoms with Gasteiger partial charge in [-0.05, 0) is 7.05 Å². The molecule has 2 unspecified atom stereocenters. The van der Waals surface area contributed by atoms with Gasteiger partial charge in [-0.25, -0.2) is 4.79 Å². The molecular weight excluding hydrogens is 198 g/mol. The van der Waals surface area contributed by atoms with Gasteiger partial charge in [0.05, 0.1) is 6.04 Å². The molecule has 0 aromatic heterocycles. The zero-order valence-corrected chi connectivity index (χ0v) is 8.73. The second kappa shape index (κ2) is 4.41. The maximum atomic E-state index is 10.9. The van der Waals surface area contributed by atoms with Crippen LogP contribution in [0.25, 0.3) is 0 Å². The molecular formula is C9H15N3O3. The fraction of sp³-hybridized carbons (Fsp3) is 0.556. The molecule has 0 bridgehead atoms. The monoisotopic (exact) mass is 213 g/mol. The van der Waals surface area contributed by atoms with E-state index in [9.17, 15) is 9.59 Å². The van der Waals surface area contributed by atoms with Gasteiger partial charge < -0.3 is 16.2 Å². The van der Waals surface area contributed by atoms with Crippen LogP contribution in [0.2, 0.25) is 0 Å². The van der Waals surface area contributed by atoms with Crippen LogP contribution in [0.1, 0.15) is 6.92 Å². The number of hydrogen-bond donors (Lipinski definition) is 3. The standard InChI is InChI=1S/C9H15N3O3/c1-5(13)11-8-7(10)3-6(9(14)15)4-12(8)2/h3,7-8H,4,10H2,1-2H3,(H,11,13)(H,14,15). The summed E-state index contributed by atoms with van der Waals surface area (Å²) in [7, 11) is 1.72. The molecule has 1 rings (SSSR count). The molecule has 6 nitrogen and oxygen atoms in total. The third kappa shape index (κ3) is 2.77. The number of nitrogens with zero attached hydrogens (tertiary/aromatic N) is 1. The van der Waals surface area contributed by atoms with E-state index in [0.29, 0.717) is 0 Å². The minimum atomic E-state index is -0.974. The molecule has 0 aliphatic carbocycles. The fourth-order valence-corrected chi connectivity index (χ4v) is 1.59. The number of nitrogens with one attached hydrogen (secondary N) is 1. The van der Waals surface area contributed by atoms with E-state index in [0.717, 1.165) is 0 Å². The summed E-state index contributed by atoms with van der Waals surface area (Å²) in [6, 6.07) is -0.501. The summed E-state index contributed by atoms with van der Waals surface area (Å²) >= 11 is 0. The van der Waals surface area contributed by atoms with Crippen LogP contribution in [0.3, 0.4) is 0 Å². The summed E-state index contributed by atoms with van der Waals surface area (Å²) < 4.78 is 0. The quantitative estimate of drug-likeness (QED) is 0.531. The first-order valence-corrected chi connectivity index (χ1v) is 4.58. The van der Waals surface area contributed by atoms with Crippen LogP contribution in [0.15, 0.2) is 11.6 Å². The summed E-state index contributed by atoms with van der Waals surface area (Å²) in [6.07, 6.45) is 1.13. The Morgan fingerprint density at radius 3 is 2.67 bits per heavy atom. The van der Waals surface area contributed by atoms with Crippen LogP contribution in [-0.4, -0.2) is 47.7 Å². The van der Waals surface area contributed by atoms with Crippen molar-refractivity contribution in [1.82, 2.24) is 10.2 Å². The average Bonchev–Trinajstić information content (AvgIpc) is 2.10. The van der Waals surface area contributed by atoms with Crippen molar-refractivity contribution >= 4 is 11.9 Å². The number of carbonyl (C=O) groups is 2. The van der Waals surface area contributed by atoms with Gasteiger partial charge in [-0.15, -0.1) is 0 Å². The molecule has 4 N–H and O–H groups in total. The molecule has 0 aromatic carbocycles. The first-order chi connectivity index (χ1) is 6.91. The number of aliphatic carboxylic acids is 1. The Morgan fingerprint density at radius 1 is 1.67 bits per heavy atom. The summed E-state index contributed by atoms with van der Waals surface area (Å²) in [5.74, 6) is -1.16. The van der Waals surface area contributed by atoms with Gasteiger partial charge in [-0.3, -0.25) is 9.69 Å². The van der Waals surface area contributed by atoms with Crippen LogP contribution in [0.5, 0.6) is 0 Å². The molecule has 1 aliphatic heterocycles. The molecule has 6 heteroatoms. The summed E-state index contributed by atoms with van der Waals surface area (Å²) in [4.78, 5) is 23.3. The highest BCUT2D eigenvalue weighted by atomic mass is 16.4. The Labute approximate surface area is 87.7 Å². The number of likely N-dealkylation sites (N-methyl/N-ethyl adjacent to an activating group) is 1. The Balaban J connectivity index is 2.80. The van der Waals surface area contributed by atoms with E-state index in [1.807, 2.05) is 0 Å². The van der Waals surface area contributed by atoms with E-state index in [2.05, 4.69) is 5.32 Å². The number of nitrogens with two attached hydrogens (primary N) is 1. The van der Waals surface area contributed by atoms with Crippen LogP contribution in [-0.2, 0) is 9.59 Å². The SMILES string of the molecule is CC(=O)NC1C(N)C=C(C(=O)O)CN1C. The van der Waals surface area contributed by atoms with E-state index >= 15 is 0 Å². The Bertz CT molecular complexity index is 314. The number of amides is 1. The minimum absolute atomic E-state index is 0.186. The van der Waals surface area contributed by atoms with Gasteiger partial charge in [-0.2, -0.15) is 0 Å². The van der Waals surface area contributed by atoms with Crippen molar-refractivity contribution in [3.8, 4) is 0 Å². The topological polar surface area (TPSA) is 95.7 Å². The Hall–Kier alpha value is -1.40. The molecule has 0 aromatic rings. The molecule has 0 saturated carbocycles. The molecule has 0 saturated heterocycles. The van der Waals surface area contributed by atoms with E-state index < -0.39 is 12.0 Å². The zero-order valence-electron chi connectivity index (χ0n) is 8.73. The minimum Gasteiger partial charge on any atom is -0.478 e. The molecule has 1 aliphatic rings. The highest BCUT2D eigenvalue weighted by molar-refractivity contribution is 5.87. The van der Waals surface area contributed by atoms with Crippen molar-refractivity contribution in [2.24, 2.45) is 5.73 Å². The normalized spacial score (nSPS) is 27.0. The van der Waals surface area contributed by atoms with Gasteiger partial charge in [0, 0.05) is 19.0 Å². The van der Waals surface area contributed by atoms with E-state index in [-0.39, 0.29) is 24.2 Å². The van der Waals surface area contributed by atoms with Crippen molar-refractivity contribution in [3.63, 3.8) is 0 Å². The zero-order chi connectivity index (χ0) is 11.6. The van der Waals surface area contributed by atoms with Crippen molar-refractivity contribution in [3.05, 3.63) is 11.6 Å². The summed E-state index contributed by atoms with van der Waals surface area (Å²) in [5.41, 5.74) is 6.01. The molecule has 0 spiro atoms. The van der Waals surface area contributed by atoms with Gasteiger partial charge in [0.15, 0.2) is 0 Å². The van der Waals surface area contributed by atoms with Crippen LogP contribution in [0.4, 0.5) is 0 Å². The van der Waals surface area contributed by atoms with Gasteiger partial charge >= 0.3 is 5.97 Å². The van der Waals surface area contributed by atoms with Crippen LogP contribution < -0.4 is 11.1 Å². The number of carboxylic acid groups (broad SMARTS) is 1. The van der Waals surface area contributed by atoms with E-state index in [4.69, 9.17) is 10.8 Å². The lowest BCUT2D eigenvalue weighted by molar-refractivity contribution is -0.133. The lowest BCUT2D eigenvalue weighted by Crippen LogP contribution is -2.58. The summed E-state index contributed by atoms with van der Waals surface area (Å²) in [6.45, 7) is 1.67. The second-order valence-corrected chi connectivity index (χ2v) is 3.63. The smallest absolute Gasteiger partial charge is 0.332 e. The second-order valence-electron chi connectivity index (χ2n) is 3.63. The van der Waals surface area contributed by atoms with Gasteiger partial charge in [-0.1, -0.05) is 6.08 Å². The fourth-order valence-electron chi connectivity index (χ4n) is 1.59.